The van der Waals surface area contributed by atoms with E-state index in [1.165, 1.54) is 0 Å². The summed E-state index contributed by atoms with van der Waals surface area (Å²) < 4.78 is 24.0. The first-order valence-electron chi connectivity index (χ1n) is 11.0. The van der Waals surface area contributed by atoms with Crippen LogP contribution in [0.1, 0.15) is 35.7 Å². The lowest BCUT2D eigenvalue weighted by Gasteiger charge is -2.16. The van der Waals surface area contributed by atoms with E-state index in [0.717, 1.165) is 27.8 Å². The third-order valence-electron chi connectivity index (χ3n) is 6.19. The zero-order valence-electron chi connectivity index (χ0n) is 19.7. The number of oxazole rings is 1. The molecule has 5 aromatic rings. The van der Waals surface area contributed by atoms with Crippen molar-refractivity contribution in [3.63, 3.8) is 0 Å². The van der Waals surface area contributed by atoms with Crippen molar-refractivity contribution in [3.8, 4) is 16.9 Å². The Hall–Kier alpha value is -3.91. The van der Waals surface area contributed by atoms with Crippen LogP contribution in [-0.2, 0) is 11.3 Å². The fourth-order valence-electron chi connectivity index (χ4n) is 4.58. The van der Waals surface area contributed by atoms with E-state index in [1.54, 1.807) is 18.8 Å². The molecule has 0 saturated carbocycles. The van der Waals surface area contributed by atoms with Gasteiger partial charge in [-0.05, 0) is 38.5 Å². The zero-order valence-corrected chi connectivity index (χ0v) is 19.7. The smallest absolute Gasteiger partial charge is 0.420 e. The Morgan fingerprint density at radius 1 is 1.12 bits per heavy atom. The second-order valence-electron chi connectivity index (χ2n) is 8.26. The summed E-state index contributed by atoms with van der Waals surface area (Å²) in [4.78, 5) is 17.9. The zero-order chi connectivity index (χ0) is 24.0. The standard InChI is InChI=1S/C26H25N3O5/c1-14-23(16(3)34-28-14)19-11-20-18(12-22(19)32-5)24-25(21(27-20)13-31-4)33-26(30)29(24)15(2)17-9-7-6-8-10-17/h6-12,15H,13H2,1-5H3. The van der Waals surface area contributed by atoms with Crippen molar-refractivity contribution in [1.29, 1.82) is 0 Å². The molecule has 3 aromatic heterocycles. The maximum atomic E-state index is 13.1. The highest BCUT2D eigenvalue weighted by molar-refractivity contribution is 6.05. The Labute approximate surface area is 195 Å². The summed E-state index contributed by atoms with van der Waals surface area (Å²) in [5, 5.41) is 4.83. The van der Waals surface area contributed by atoms with Gasteiger partial charge in [0.05, 0.1) is 36.5 Å². The summed E-state index contributed by atoms with van der Waals surface area (Å²) in [5.74, 6) is 0.857. The lowest BCUT2D eigenvalue weighted by molar-refractivity contribution is 0.182. The highest BCUT2D eigenvalue weighted by Crippen LogP contribution is 2.40. The van der Waals surface area contributed by atoms with Crippen LogP contribution in [0.5, 0.6) is 5.75 Å². The number of methoxy groups -OCH3 is 2. The van der Waals surface area contributed by atoms with Crippen molar-refractivity contribution in [2.45, 2.75) is 33.4 Å². The van der Waals surface area contributed by atoms with Gasteiger partial charge in [0, 0.05) is 18.1 Å². The van der Waals surface area contributed by atoms with Crippen molar-refractivity contribution in [2.75, 3.05) is 14.2 Å². The molecule has 0 fully saturated rings. The number of benzene rings is 2. The molecule has 174 valence electrons. The van der Waals surface area contributed by atoms with E-state index in [4.69, 9.17) is 23.4 Å². The van der Waals surface area contributed by atoms with Crippen molar-refractivity contribution in [1.82, 2.24) is 14.7 Å². The summed E-state index contributed by atoms with van der Waals surface area (Å²) in [7, 11) is 3.20. The van der Waals surface area contributed by atoms with Crippen molar-refractivity contribution in [2.24, 2.45) is 0 Å². The molecule has 0 bridgehead atoms. The molecule has 8 heteroatoms. The first-order valence-corrected chi connectivity index (χ1v) is 11.0. The summed E-state index contributed by atoms with van der Waals surface area (Å²) in [6, 6.07) is 13.4. The minimum Gasteiger partial charge on any atom is -0.496 e. The van der Waals surface area contributed by atoms with Crippen LogP contribution in [0.4, 0.5) is 0 Å². The fraction of sp³-hybridized carbons (Fsp3) is 0.269. The largest absolute Gasteiger partial charge is 0.496 e. The molecule has 34 heavy (non-hydrogen) atoms. The van der Waals surface area contributed by atoms with Gasteiger partial charge in [0.25, 0.3) is 0 Å². The molecule has 0 spiro atoms. The summed E-state index contributed by atoms with van der Waals surface area (Å²) in [6.07, 6.45) is 0. The molecule has 0 N–H and O–H groups in total. The van der Waals surface area contributed by atoms with Crippen LogP contribution in [0.15, 0.2) is 56.2 Å². The molecule has 0 aliphatic carbocycles. The lowest BCUT2D eigenvalue weighted by atomic mass is 10.00. The lowest BCUT2D eigenvalue weighted by Crippen LogP contribution is -2.19. The highest BCUT2D eigenvalue weighted by Gasteiger charge is 2.25. The summed E-state index contributed by atoms with van der Waals surface area (Å²) in [5.41, 5.74) is 5.72. The number of ether oxygens (including phenoxy) is 2. The summed E-state index contributed by atoms with van der Waals surface area (Å²) >= 11 is 0. The van der Waals surface area contributed by atoms with E-state index in [-0.39, 0.29) is 12.6 Å². The van der Waals surface area contributed by atoms with Crippen molar-refractivity contribution >= 4 is 22.0 Å². The average molecular weight is 460 g/mol. The molecule has 1 unspecified atom stereocenters. The predicted octanol–water partition coefficient (Wildman–Crippen LogP) is 5.18. The number of nitrogens with zero attached hydrogens (tertiary/aromatic N) is 3. The van der Waals surface area contributed by atoms with Crippen LogP contribution in [0.25, 0.3) is 33.1 Å². The molecule has 2 aromatic carbocycles. The number of pyridine rings is 1. The third-order valence-corrected chi connectivity index (χ3v) is 6.19. The molecule has 8 nitrogen and oxygen atoms in total. The van der Waals surface area contributed by atoms with Gasteiger partial charge in [-0.3, -0.25) is 4.57 Å². The SMILES string of the molecule is COCc1nc2cc(-c3c(C)noc3C)c(OC)cc2c2c1oc(=O)n2C(C)c1ccccc1. The number of hydrogen-bond acceptors (Lipinski definition) is 7. The Balaban J connectivity index is 1.88. The molecular weight excluding hydrogens is 434 g/mol. The molecule has 0 saturated heterocycles. The Morgan fingerprint density at radius 3 is 2.53 bits per heavy atom. The van der Waals surface area contributed by atoms with E-state index < -0.39 is 5.76 Å². The van der Waals surface area contributed by atoms with Gasteiger partial charge < -0.3 is 18.4 Å². The highest BCUT2D eigenvalue weighted by atomic mass is 16.5. The van der Waals surface area contributed by atoms with Gasteiger partial charge >= 0.3 is 5.76 Å². The molecule has 3 heterocycles. The van der Waals surface area contributed by atoms with Crippen molar-refractivity contribution < 1.29 is 18.4 Å². The van der Waals surface area contributed by atoms with Crippen LogP contribution in [-0.4, -0.2) is 28.9 Å². The minimum atomic E-state index is -0.452. The van der Waals surface area contributed by atoms with E-state index in [1.807, 2.05) is 63.2 Å². The minimum absolute atomic E-state index is 0.200. The molecule has 0 aliphatic rings. The fourth-order valence-corrected chi connectivity index (χ4v) is 4.58. The number of fused-ring (bicyclic) bond motifs is 3. The maximum absolute atomic E-state index is 13.1. The number of aryl methyl sites for hydroxylation is 2. The number of rotatable bonds is 6. The Kier molecular flexibility index (Phi) is 5.45. The van der Waals surface area contributed by atoms with Crippen LogP contribution in [0, 0.1) is 13.8 Å². The van der Waals surface area contributed by atoms with Gasteiger partial charge in [-0.2, -0.15) is 0 Å². The maximum Gasteiger partial charge on any atom is 0.420 e. The number of hydrogen-bond donors (Lipinski definition) is 0. The monoisotopic (exact) mass is 459 g/mol. The first-order chi connectivity index (χ1) is 16.4. The molecule has 0 aliphatic heterocycles. The van der Waals surface area contributed by atoms with Gasteiger partial charge in [-0.25, -0.2) is 9.78 Å². The third kappa shape index (κ3) is 3.38. The van der Waals surface area contributed by atoms with Crippen LogP contribution in [0.3, 0.4) is 0 Å². The summed E-state index contributed by atoms with van der Waals surface area (Å²) in [6.45, 7) is 5.92. The molecule has 1 atom stereocenters. The van der Waals surface area contributed by atoms with Crippen LogP contribution < -0.4 is 10.5 Å². The molecule has 0 radical (unpaired) electrons. The predicted molar refractivity (Wildman–Crippen MR) is 128 cm³/mol. The molecule has 0 amide bonds. The van der Waals surface area contributed by atoms with E-state index in [2.05, 4.69) is 5.16 Å². The van der Waals surface area contributed by atoms with Crippen molar-refractivity contribution in [3.05, 3.63) is 75.7 Å². The molecule has 5 rings (SSSR count). The second kappa shape index (κ2) is 8.46. The number of aromatic nitrogens is 3. The van der Waals surface area contributed by atoms with E-state index in [0.29, 0.717) is 33.8 Å². The first kappa shape index (κ1) is 21.9. The van der Waals surface area contributed by atoms with Crippen LogP contribution in [0.2, 0.25) is 0 Å². The van der Waals surface area contributed by atoms with E-state index >= 15 is 0 Å². The Bertz CT molecular complexity index is 1540. The average Bonchev–Trinajstić information content (AvgIpc) is 3.37. The van der Waals surface area contributed by atoms with Gasteiger partial charge in [0.1, 0.15) is 22.7 Å². The quantitative estimate of drug-likeness (QED) is 0.345. The van der Waals surface area contributed by atoms with Gasteiger partial charge in [0.15, 0.2) is 5.58 Å². The van der Waals surface area contributed by atoms with Gasteiger partial charge in [-0.1, -0.05) is 35.5 Å². The topological polar surface area (TPSA) is 92.5 Å². The molecular formula is C26H25N3O5. The Morgan fingerprint density at radius 2 is 1.88 bits per heavy atom. The van der Waals surface area contributed by atoms with Crippen LogP contribution >= 0.6 is 0 Å². The second-order valence-corrected chi connectivity index (χ2v) is 8.26. The normalized spacial score (nSPS) is 12.5. The van der Waals surface area contributed by atoms with E-state index in [9.17, 15) is 4.79 Å². The van der Waals surface area contributed by atoms with Gasteiger partial charge in [-0.15, -0.1) is 0 Å². The van der Waals surface area contributed by atoms with Gasteiger partial charge in [0.2, 0.25) is 0 Å².